The van der Waals surface area contributed by atoms with E-state index in [0.29, 0.717) is 25.0 Å². The Labute approximate surface area is 282 Å². The van der Waals surface area contributed by atoms with E-state index in [-0.39, 0.29) is 0 Å². The fourth-order valence-electron chi connectivity index (χ4n) is 5.02. The zero-order valence-corrected chi connectivity index (χ0v) is 33.0. The van der Waals surface area contributed by atoms with Crippen LogP contribution in [-0.4, -0.2) is 96.2 Å². The first-order chi connectivity index (χ1) is 22.1. The molecular weight excluding hydrogens is 793 g/mol. The third-order valence-electron chi connectivity index (χ3n) is 7.86. The number of hydrogen-bond donors (Lipinski definition) is 0. The monoisotopic (exact) mass is 832 g/mol. The quantitative estimate of drug-likeness (QED) is 0.186. The van der Waals surface area contributed by atoms with Gasteiger partial charge in [-0.15, -0.1) is 0 Å². The molecule has 13 heteroatoms. The van der Waals surface area contributed by atoms with E-state index >= 15 is 0 Å². The van der Waals surface area contributed by atoms with Crippen molar-refractivity contribution in [2.75, 3.05) is 76.3 Å². The van der Waals surface area contributed by atoms with E-state index in [2.05, 4.69) is 58.0 Å². The molecule has 232 valence electrons. The maximum atomic E-state index is 6.34. The van der Waals surface area contributed by atoms with E-state index in [1.807, 2.05) is 65.3 Å². The van der Waals surface area contributed by atoms with Gasteiger partial charge in [0.05, 0.1) is 0 Å². The van der Waals surface area contributed by atoms with Crippen molar-refractivity contribution in [1.29, 1.82) is 0 Å². The molecule has 0 aliphatic carbocycles. The van der Waals surface area contributed by atoms with Crippen molar-refractivity contribution >= 4 is 28.4 Å². The zero-order valence-electron chi connectivity index (χ0n) is 25.9. The van der Waals surface area contributed by atoms with E-state index in [9.17, 15) is 0 Å². The molecule has 0 N–H and O–H groups in total. The van der Waals surface area contributed by atoms with Gasteiger partial charge in [0, 0.05) is 0 Å². The van der Waals surface area contributed by atoms with Crippen LogP contribution in [0.2, 0.25) is 0 Å². The molecule has 2 fully saturated rings. The minimum atomic E-state index is -1.69. The number of nitrogens with zero attached hydrogens (tertiary/aromatic N) is 8. The van der Waals surface area contributed by atoms with Crippen LogP contribution in [0, 0.1) is 0 Å². The van der Waals surface area contributed by atoms with Crippen LogP contribution >= 0.6 is 16.5 Å². The Bertz CT molecular complexity index is 1400. The van der Waals surface area contributed by atoms with Crippen LogP contribution in [-0.2, 0) is 34.8 Å². The molecule has 2 saturated heterocycles. The number of rotatable bonds is 12. The molecule has 2 aromatic carbocycles. The average Bonchev–Trinajstić information content (AvgIpc) is 3.09. The molecule has 0 atom stereocenters. The average molecular weight is 831 g/mol. The van der Waals surface area contributed by atoms with Gasteiger partial charge in [-0.1, -0.05) is 0 Å². The van der Waals surface area contributed by atoms with Gasteiger partial charge in [0.2, 0.25) is 0 Å². The van der Waals surface area contributed by atoms with Gasteiger partial charge in [0.1, 0.15) is 0 Å². The molecule has 0 amide bonds. The number of benzene rings is 2. The molecule has 0 spiro atoms. The van der Waals surface area contributed by atoms with Crippen molar-refractivity contribution in [3.63, 3.8) is 0 Å². The summed E-state index contributed by atoms with van der Waals surface area (Å²) < 4.78 is 12.7. The SMILES string of the molecule is CN1CCN(c2ncc([S][Hg][S]c3cnc(N4CCN(C)CC4)nc3OCc3ccccc3)c(OCc3ccccc3)n2)CC1. The van der Waals surface area contributed by atoms with Crippen LogP contribution in [0.4, 0.5) is 11.9 Å². The second kappa shape index (κ2) is 16.3. The summed E-state index contributed by atoms with van der Waals surface area (Å²) in [6, 6.07) is 20.5. The zero-order chi connectivity index (χ0) is 30.8. The van der Waals surface area contributed by atoms with Gasteiger partial charge in [0.15, 0.2) is 0 Å². The summed E-state index contributed by atoms with van der Waals surface area (Å²) in [6.45, 7) is 8.57. The van der Waals surface area contributed by atoms with Crippen molar-refractivity contribution in [3.05, 3.63) is 84.2 Å². The molecule has 10 nitrogen and oxygen atoms in total. The fourth-order valence-corrected chi connectivity index (χ4v) is 22.6. The number of aromatic nitrogens is 4. The Morgan fingerprint density at radius 1 is 0.600 bits per heavy atom. The predicted molar refractivity (Wildman–Crippen MR) is 177 cm³/mol. The first-order valence-electron chi connectivity index (χ1n) is 15.3. The van der Waals surface area contributed by atoms with Crippen LogP contribution in [0.15, 0.2) is 82.8 Å². The molecule has 6 rings (SSSR count). The Balaban J connectivity index is 1.17. The molecule has 0 saturated carbocycles. The van der Waals surface area contributed by atoms with Crippen LogP contribution in [0.5, 0.6) is 11.8 Å². The molecule has 2 aliphatic heterocycles. The number of piperazine rings is 2. The van der Waals surface area contributed by atoms with E-state index in [0.717, 1.165) is 85.2 Å². The van der Waals surface area contributed by atoms with Crippen molar-refractivity contribution in [2.24, 2.45) is 0 Å². The molecule has 0 bridgehead atoms. The normalized spacial score (nSPS) is 16.0. The summed E-state index contributed by atoms with van der Waals surface area (Å²) in [5.41, 5.74) is 2.23. The molecular formula is C32H38HgN8O2S2. The molecule has 4 aromatic rings. The predicted octanol–water partition coefficient (Wildman–Crippen LogP) is 4.73. The van der Waals surface area contributed by atoms with Gasteiger partial charge in [-0.05, 0) is 0 Å². The number of likely N-dealkylation sites (N-methyl/N-ethyl adjacent to an activating group) is 2. The van der Waals surface area contributed by atoms with Crippen LogP contribution in [0.1, 0.15) is 11.1 Å². The molecule has 4 heterocycles. The second-order valence-electron chi connectivity index (χ2n) is 11.2. The van der Waals surface area contributed by atoms with E-state index < -0.39 is 21.5 Å². The Morgan fingerprint density at radius 2 is 1.00 bits per heavy atom. The van der Waals surface area contributed by atoms with Crippen LogP contribution in [0.3, 0.4) is 0 Å². The fraction of sp³-hybridized carbons (Fsp3) is 0.375. The van der Waals surface area contributed by atoms with Gasteiger partial charge < -0.3 is 0 Å². The van der Waals surface area contributed by atoms with Crippen molar-refractivity contribution in [3.8, 4) is 11.8 Å². The molecule has 0 unspecified atom stereocenters. The topological polar surface area (TPSA) is 83.0 Å². The standard InChI is InChI=1S/2C16H20N4OS.Hg/c2*1-19-7-9-20(10-8-19)16-17-11-14(22)15(18-16)21-12-13-5-3-2-4-6-13;/h2*2-6,11,22H,7-10,12H2,1H3;/q;;+2/p-2. The Hall–Kier alpha value is -2.64. The van der Waals surface area contributed by atoms with E-state index in [1.165, 1.54) is 0 Å². The third-order valence-corrected chi connectivity index (χ3v) is 25.5. The summed E-state index contributed by atoms with van der Waals surface area (Å²) in [6.07, 6.45) is 3.90. The number of hydrogen-bond acceptors (Lipinski definition) is 12. The second-order valence-corrected chi connectivity index (χ2v) is 28.6. The van der Waals surface area contributed by atoms with Crippen molar-refractivity contribution in [2.45, 2.75) is 23.0 Å². The molecule has 45 heavy (non-hydrogen) atoms. The first-order valence-corrected chi connectivity index (χ1v) is 30.7. The van der Waals surface area contributed by atoms with E-state index in [4.69, 9.17) is 29.4 Å². The molecule has 2 aromatic heterocycles. The number of ether oxygens (including phenoxy) is 2. The van der Waals surface area contributed by atoms with Gasteiger partial charge in [0.25, 0.3) is 0 Å². The van der Waals surface area contributed by atoms with Gasteiger partial charge in [-0.25, -0.2) is 0 Å². The summed E-state index contributed by atoms with van der Waals surface area (Å²) in [5.74, 6) is 2.81. The maximum absolute atomic E-state index is 6.34. The van der Waals surface area contributed by atoms with Crippen molar-refractivity contribution in [1.82, 2.24) is 29.7 Å². The van der Waals surface area contributed by atoms with Gasteiger partial charge in [-0.3, -0.25) is 0 Å². The Morgan fingerprint density at radius 3 is 1.40 bits per heavy atom. The third kappa shape index (κ3) is 9.22. The van der Waals surface area contributed by atoms with Crippen LogP contribution in [0.25, 0.3) is 0 Å². The van der Waals surface area contributed by atoms with Crippen LogP contribution < -0.4 is 19.3 Å². The van der Waals surface area contributed by atoms with Gasteiger partial charge >= 0.3 is 284 Å². The summed E-state index contributed by atoms with van der Waals surface area (Å²) in [5, 5.41) is 0. The number of anilines is 2. The molecule has 2 aliphatic rings. The Kier molecular flexibility index (Phi) is 11.7. The van der Waals surface area contributed by atoms with Gasteiger partial charge in [-0.2, -0.15) is 0 Å². The minimum absolute atomic E-state index is 0.469. The summed E-state index contributed by atoms with van der Waals surface area (Å²) in [7, 11) is 8.05. The molecule has 0 radical (unpaired) electrons. The first kappa shape index (κ1) is 32.3. The van der Waals surface area contributed by atoms with E-state index in [1.54, 1.807) is 0 Å². The summed E-state index contributed by atoms with van der Waals surface area (Å²) in [4.78, 5) is 30.6. The van der Waals surface area contributed by atoms with Crippen molar-refractivity contribution < 1.29 is 31.0 Å². The summed E-state index contributed by atoms with van der Waals surface area (Å²) >= 11 is -1.69.